The van der Waals surface area contributed by atoms with E-state index in [9.17, 15) is 9.18 Å². The van der Waals surface area contributed by atoms with Gasteiger partial charge in [-0.25, -0.2) is 9.37 Å². The van der Waals surface area contributed by atoms with E-state index >= 15 is 0 Å². The molecule has 2 N–H and O–H groups in total. The van der Waals surface area contributed by atoms with Crippen LogP contribution >= 0.6 is 23.8 Å². The van der Waals surface area contributed by atoms with Crippen molar-refractivity contribution in [3.8, 4) is 5.82 Å². The molecule has 1 saturated heterocycles. The van der Waals surface area contributed by atoms with Crippen LogP contribution in [0, 0.1) is 5.82 Å². The lowest BCUT2D eigenvalue weighted by molar-refractivity contribution is -0.116. The molecule has 1 aliphatic rings. The van der Waals surface area contributed by atoms with Gasteiger partial charge >= 0.3 is 0 Å². The third-order valence-corrected chi connectivity index (χ3v) is 6.52. The highest BCUT2D eigenvalue weighted by Crippen LogP contribution is 2.39. The number of carbonyl (C=O) groups excluding carboxylic acids is 1. The molecule has 2 unspecified atom stereocenters. The molecule has 0 radical (unpaired) electrons. The highest BCUT2D eigenvalue weighted by Gasteiger charge is 2.41. The maximum Gasteiger partial charge on any atom is 0.226 e. The van der Waals surface area contributed by atoms with Gasteiger partial charge < -0.3 is 20.1 Å². The number of benzene rings is 1. The molecule has 36 heavy (non-hydrogen) atoms. The first-order valence-electron chi connectivity index (χ1n) is 11.3. The van der Waals surface area contributed by atoms with E-state index in [1.807, 2.05) is 52.1 Å². The van der Waals surface area contributed by atoms with Crippen LogP contribution in [0.4, 0.5) is 10.1 Å². The van der Waals surface area contributed by atoms with Crippen molar-refractivity contribution < 1.29 is 9.18 Å². The summed E-state index contributed by atoms with van der Waals surface area (Å²) in [5.74, 6) is 0.160. The Hall–Kier alpha value is -3.82. The van der Waals surface area contributed by atoms with Crippen LogP contribution in [0.2, 0.25) is 5.02 Å². The number of aromatic nitrogens is 3. The number of nitrogens with zero attached hydrogens (tertiary/aromatic N) is 4. The molecule has 1 amide bonds. The summed E-state index contributed by atoms with van der Waals surface area (Å²) in [6, 6.07) is 18.5. The Labute approximate surface area is 217 Å². The van der Waals surface area contributed by atoms with E-state index in [1.165, 1.54) is 24.3 Å². The number of carbonyl (C=O) groups is 1. The monoisotopic (exact) mass is 520 g/mol. The molecular formula is C26H22ClFN6OS. The van der Waals surface area contributed by atoms with Crippen LogP contribution in [-0.4, -0.2) is 37.0 Å². The number of thiocarbonyl (C=S) groups is 1. The summed E-state index contributed by atoms with van der Waals surface area (Å²) in [5.41, 5.74) is 2.31. The molecule has 1 aromatic carbocycles. The first-order valence-corrected chi connectivity index (χ1v) is 12.1. The molecule has 1 aliphatic heterocycles. The fourth-order valence-corrected chi connectivity index (χ4v) is 4.74. The molecule has 5 rings (SSSR count). The Bertz CT molecular complexity index is 1360. The predicted molar refractivity (Wildman–Crippen MR) is 140 cm³/mol. The average Bonchev–Trinajstić information content (AvgIpc) is 3.49. The molecule has 4 heterocycles. The molecule has 0 spiro atoms. The van der Waals surface area contributed by atoms with Gasteiger partial charge in [-0.2, -0.15) is 0 Å². The molecule has 10 heteroatoms. The molecular weight excluding hydrogens is 499 g/mol. The summed E-state index contributed by atoms with van der Waals surface area (Å²) in [6.07, 6.45) is 5.47. The zero-order valence-corrected chi connectivity index (χ0v) is 20.6. The number of amides is 1. The standard InChI is InChI=1S/C26H22ClFN6OS/c27-17-6-11-22(30-16-17)33-14-3-5-21(33)25-24(20-4-1-2-13-29-20)32-26(36)34(25)15-12-23(35)31-19-9-7-18(28)8-10-19/h1-11,13-14,16,24-25H,12,15H2,(H,31,35)(H,32,36). The van der Waals surface area contributed by atoms with Gasteiger partial charge in [0.2, 0.25) is 5.91 Å². The van der Waals surface area contributed by atoms with E-state index in [4.69, 9.17) is 23.8 Å². The van der Waals surface area contributed by atoms with Gasteiger partial charge in [0, 0.05) is 42.9 Å². The highest BCUT2D eigenvalue weighted by atomic mass is 35.5. The second-order valence-corrected chi connectivity index (χ2v) is 9.09. The summed E-state index contributed by atoms with van der Waals surface area (Å²) >= 11 is 11.8. The van der Waals surface area contributed by atoms with Crippen molar-refractivity contribution in [2.75, 3.05) is 11.9 Å². The van der Waals surface area contributed by atoms with Crippen LogP contribution in [0.25, 0.3) is 5.82 Å². The fraction of sp³-hybridized carbons (Fsp3) is 0.154. The molecule has 0 aliphatic carbocycles. The van der Waals surface area contributed by atoms with Crippen LogP contribution in [0.15, 0.2) is 85.3 Å². The van der Waals surface area contributed by atoms with Crippen molar-refractivity contribution in [1.29, 1.82) is 0 Å². The van der Waals surface area contributed by atoms with Gasteiger partial charge in [0.15, 0.2) is 5.11 Å². The Morgan fingerprint density at radius 3 is 2.64 bits per heavy atom. The number of pyridine rings is 2. The van der Waals surface area contributed by atoms with Crippen LogP contribution in [-0.2, 0) is 4.79 Å². The third-order valence-electron chi connectivity index (χ3n) is 5.95. The minimum absolute atomic E-state index is 0.185. The quantitative estimate of drug-likeness (QED) is 0.332. The maximum absolute atomic E-state index is 13.2. The maximum atomic E-state index is 13.2. The number of hydrogen-bond acceptors (Lipinski definition) is 4. The summed E-state index contributed by atoms with van der Waals surface area (Å²) in [7, 11) is 0. The Morgan fingerprint density at radius 1 is 1.08 bits per heavy atom. The van der Waals surface area contributed by atoms with Gasteiger partial charge in [-0.3, -0.25) is 9.78 Å². The second-order valence-electron chi connectivity index (χ2n) is 8.26. The van der Waals surface area contributed by atoms with Crippen molar-refractivity contribution in [2.45, 2.75) is 18.5 Å². The van der Waals surface area contributed by atoms with Crippen LogP contribution < -0.4 is 10.6 Å². The minimum Gasteiger partial charge on any atom is -0.352 e. The smallest absolute Gasteiger partial charge is 0.226 e. The van der Waals surface area contributed by atoms with Crippen molar-refractivity contribution >= 4 is 40.5 Å². The first kappa shape index (κ1) is 23.9. The number of hydrogen-bond donors (Lipinski definition) is 2. The zero-order valence-electron chi connectivity index (χ0n) is 19.0. The van der Waals surface area contributed by atoms with Gasteiger partial charge in [-0.15, -0.1) is 0 Å². The van der Waals surface area contributed by atoms with Crippen molar-refractivity contribution in [2.24, 2.45) is 0 Å². The molecule has 7 nitrogen and oxygen atoms in total. The van der Waals surface area contributed by atoms with Gasteiger partial charge in [0.05, 0.1) is 22.8 Å². The normalized spacial score (nSPS) is 17.2. The molecule has 182 valence electrons. The number of nitrogens with one attached hydrogen (secondary N) is 2. The largest absolute Gasteiger partial charge is 0.352 e. The van der Waals surface area contributed by atoms with Gasteiger partial charge in [-0.1, -0.05) is 17.7 Å². The van der Waals surface area contributed by atoms with Gasteiger partial charge in [0.1, 0.15) is 11.6 Å². The molecule has 0 bridgehead atoms. The Balaban J connectivity index is 1.43. The lowest BCUT2D eigenvalue weighted by Crippen LogP contribution is -2.33. The first-order chi connectivity index (χ1) is 17.5. The summed E-state index contributed by atoms with van der Waals surface area (Å²) in [6.45, 7) is 0.367. The van der Waals surface area contributed by atoms with Crippen LogP contribution in [0.5, 0.6) is 0 Å². The fourth-order valence-electron chi connectivity index (χ4n) is 4.30. The van der Waals surface area contributed by atoms with E-state index in [1.54, 1.807) is 18.5 Å². The van der Waals surface area contributed by atoms with Crippen molar-refractivity contribution in [3.63, 3.8) is 0 Å². The van der Waals surface area contributed by atoms with Crippen LogP contribution in [0.1, 0.15) is 29.9 Å². The third kappa shape index (κ3) is 5.07. The number of anilines is 1. The summed E-state index contributed by atoms with van der Waals surface area (Å²) in [4.78, 5) is 23.7. The summed E-state index contributed by atoms with van der Waals surface area (Å²) in [5, 5.41) is 7.28. The SMILES string of the molecule is O=C(CCN1C(=S)NC(c2ccccn2)C1c1cccn1-c1ccc(Cl)cn1)Nc1ccc(F)cc1. The van der Waals surface area contributed by atoms with Gasteiger partial charge in [-0.05, 0) is 72.9 Å². The lowest BCUT2D eigenvalue weighted by Gasteiger charge is -2.28. The minimum atomic E-state index is -0.358. The Kier molecular flexibility index (Phi) is 6.92. The topological polar surface area (TPSA) is 75.1 Å². The van der Waals surface area contributed by atoms with E-state index in [0.29, 0.717) is 28.2 Å². The second kappa shape index (κ2) is 10.4. The average molecular weight is 521 g/mol. The lowest BCUT2D eigenvalue weighted by atomic mass is 10.0. The Morgan fingerprint density at radius 2 is 1.92 bits per heavy atom. The molecule has 4 aromatic rings. The van der Waals surface area contributed by atoms with E-state index in [-0.39, 0.29) is 30.2 Å². The number of halogens is 2. The molecule has 0 saturated carbocycles. The number of rotatable bonds is 7. The molecule has 2 atom stereocenters. The van der Waals surface area contributed by atoms with Gasteiger partial charge in [0.25, 0.3) is 0 Å². The summed E-state index contributed by atoms with van der Waals surface area (Å²) < 4.78 is 15.2. The van der Waals surface area contributed by atoms with E-state index < -0.39 is 0 Å². The van der Waals surface area contributed by atoms with E-state index in [0.717, 1.165) is 11.4 Å². The zero-order chi connectivity index (χ0) is 25.1. The van der Waals surface area contributed by atoms with Crippen molar-refractivity contribution in [3.05, 3.63) is 108 Å². The van der Waals surface area contributed by atoms with E-state index in [2.05, 4.69) is 20.6 Å². The van der Waals surface area contributed by atoms with Crippen molar-refractivity contribution in [1.82, 2.24) is 24.8 Å². The molecule has 1 fully saturated rings. The van der Waals surface area contributed by atoms with Crippen LogP contribution in [0.3, 0.4) is 0 Å². The highest BCUT2D eigenvalue weighted by molar-refractivity contribution is 7.80. The molecule has 3 aromatic heterocycles. The predicted octanol–water partition coefficient (Wildman–Crippen LogP) is 5.06.